The molecule has 25 heavy (non-hydrogen) atoms. The van der Waals surface area contributed by atoms with Crippen LogP contribution in [0.2, 0.25) is 0 Å². The number of carbonyl (C=O) groups is 1. The summed E-state index contributed by atoms with van der Waals surface area (Å²) < 4.78 is 5.78. The van der Waals surface area contributed by atoms with Crippen LogP contribution in [0.5, 0.6) is 11.5 Å². The number of anilines is 1. The molecule has 6 heteroatoms. The maximum absolute atomic E-state index is 12.0. The summed E-state index contributed by atoms with van der Waals surface area (Å²) in [4.78, 5) is 17.9. The first kappa shape index (κ1) is 16.8. The van der Waals surface area contributed by atoms with Gasteiger partial charge in [0, 0.05) is 24.8 Å². The number of nitrogens with two attached hydrogens (primary N) is 1. The van der Waals surface area contributed by atoms with Gasteiger partial charge in [0.15, 0.2) is 5.96 Å². The van der Waals surface area contributed by atoms with Gasteiger partial charge in [0.25, 0.3) is 0 Å². The van der Waals surface area contributed by atoms with E-state index >= 15 is 0 Å². The number of hydrogen-bond donors (Lipinski definition) is 2. The maximum Gasteiger partial charge on any atom is 0.244 e. The Morgan fingerprint density at radius 1 is 1.08 bits per heavy atom. The minimum absolute atomic E-state index is 0.0170. The number of rotatable bonds is 5. The van der Waals surface area contributed by atoms with Gasteiger partial charge in [0.05, 0.1) is 0 Å². The number of para-hydroxylation sites is 1. The Morgan fingerprint density at radius 2 is 1.80 bits per heavy atom. The Labute approximate surface area is 147 Å². The zero-order chi connectivity index (χ0) is 17.5. The fourth-order valence-electron chi connectivity index (χ4n) is 2.67. The third-order valence-electron chi connectivity index (χ3n) is 3.93. The number of likely N-dealkylation sites (tertiary alicyclic amines) is 1. The van der Waals surface area contributed by atoms with Crippen molar-refractivity contribution in [1.82, 2.24) is 4.90 Å². The highest BCUT2D eigenvalue weighted by atomic mass is 16.5. The van der Waals surface area contributed by atoms with Crippen LogP contribution in [0.15, 0.2) is 59.6 Å². The van der Waals surface area contributed by atoms with Crippen molar-refractivity contribution < 1.29 is 9.53 Å². The smallest absolute Gasteiger partial charge is 0.244 e. The third kappa shape index (κ3) is 4.97. The van der Waals surface area contributed by atoms with Gasteiger partial charge in [-0.2, -0.15) is 0 Å². The van der Waals surface area contributed by atoms with Gasteiger partial charge in [-0.15, -0.1) is 0 Å². The molecule has 1 amide bonds. The van der Waals surface area contributed by atoms with Crippen molar-refractivity contribution in [3.8, 4) is 11.5 Å². The first-order valence-corrected chi connectivity index (χ1v) is 8.38. The lowest BCUT2D eigenvalue weighted by Crippen LogP contribution is -2.31. The van der Waals surface area contributed by atoms with E-state index < -0.39 is 0 Å². The zero-order valence-electron chi connectivity index (χ0n) is 14.0. The number of amides is 1. The average molecular weight is 338 g/mol. The number of nitrogens with one attached hydrogen (secondary N) is 1. The second-order valence-electron chi connectivity index (χ2n) is 5.86. The Kier molecular flexibility index (Phi) is 5.51. The van der Waals surface area contributed by atoms with Gasteiger partial charge in [-0.1, -0.05) is 24.3 Å². The number of carbonyl (C=O) groups excluding carboxylic acids is 1. The normalized spacial score (nSPS) is 14.4. The van der Waals surface area contributed by atoms with Gasteiger partial charge in [-0.25, -0.2) is 4.99 Å². The Balaban J connectivity index is 1.57. The van der Waals surface area contributed by atoms with Gasteiger partial charge in [0.2, 0.25) is 5.91 Å². The van der Waals surface area contributed by atoms with Crippen LogP contribution < -0.4 is 15.8 Å². The molecule has 1 saturated heterocycles. The minimum Gasteiger partial charge on any atom is -0.457 e. The van der Waals surface area contributed by atoms with Gasteiger partial charge in [-0.3, -0.25) is 4.79 Å². The third-order valence-corrected chi connectivity index (χ3v) is 3.93. The van der Waals surface area contributed by atoms with E-state index in [1.807, 2.05) is 59.5 Å². The Morgan fingerprint density at radius 3 is 2.56 bits per heavy atom. The van der Waals surface area contributed by atoms with E-state index in [0.717, 1.165) is 37.4 Å². The van der Waals surface area contributed by atoms with E-state index in [2.05, 4.69) is 10.3 Å². The van der Waals surface area contributed by atoms with Crippen molar-refractivity contribution in [3.63, 3.8) is 0 Å². The van der Waals surface area contributed by atoms with E-state index in [1.54, 1.807) is 0 Å². The molecule has 2 aromatic rings. The van der Waals surface area contributed by atoms with Gasteiger partial charge < -0.3 is 20.7 Å². The summed E-state index contributed by atoms with van der Waals surface area (Å²) in [6.07, 6.45) is 2.13. The molecule has 0 aromatic heterocycles. The zero-order valence-corrected chi connectivity index (χ0v) is 14.0. The molecule has 0 aliphatic carbocycles. The summed E-state index contributed by atoms with van der Waals surface area (Å²) in [6, 6.07) is 17.0. The maximum atomic E-state index is 12.0. The average Bonchev–Trinajstić information content (AvgIpc) is 3.16. The molecule has 0 atom stereocenters. The molecule has 6 nitrogen and oxygen atoms in total. The molecule has 0 bridgehead atoms. The molecule has 3 rings (SSSR count). The molecular weight excluding hydrogens is 316 g/mol. The van der Waals surface area contributed by atoms with Gasteiger partial charge in [0.1, 0.15) is 18.0 Å². The lowest BCUT2D eigenvalue weighted by Gasteiger charge is -2.13. The SMILES string of the molecule is NC(=NCC(=O)N1CCCC1)Nc1cccc(Oc2ccccc2)c1. The highest BCUT2D eigenvalue weighted by molar-refractivity contribution is 5.94. The van der Waals surface area contributed by atoms with Crippen molar-refractivity contribution in [2.45, 2.75) is 12.8 Å². The molecule has 0 spiro atoms. The first-order chi connectivity index (χ1) is 12.2. The molecule has 0 radical (unpaired) electrons. The molecule has 1 aliphatic rings. The fourth-order valence-corrected chi connectivity index (χ4v) is 2.67. The summed E-state index contributed by atoms with van der Waals surface area (Å²) in [6.45, 7) is 1.71. The summed E-state index contributed by atoms with van der Waals surface area (Å²) in [5, 5.41) is 2.99. The highest BCUT2D eigenvalue weighted by Gasteiger charge is 2.17. The number of ether oxygens (including phenoxy) is 1. The molecule has 1 fully saturated rings. The van der Waals surface area contributed by atoms with Crippen molar-refractivity contribution >= 4 is 17.6 Å². The largest absolute Gasteiger partial charge is 0.457 e. The van der Waals surface area contributed by atoms with Crippen LogP contribution in [0.25, 0.3) is 0 Å². The van der Waals surface area contributed by atoms with Crippen LogP contribution >= 0.6 is 0 Å². The van der Waals surface area contributed by atoms with E-state index in [9.17, 15) is 4.79 Å². The minimum atomic E-state index is 0.0170. The van der Waals surface area contributed by atoms with E-state index in [0.29, 0.717) is 5.75 Å². The monoisotopic (exact) mass is 338 g/mol. The number of guanidine groups is 1. The first-order valence-electron chi connectivity index (χ1n) is 8.38. The second-order valence-corrected chi connectivity index (χ2v) is 5.86. The van der Waals surface area contributed by atoms with Gasteiger partial charge >= 0.3 is 0 Å². The van der Waals surface area contributed by atoms with Crippen LogP contribution in [0.1, 0.15) is 12.8 Å². The lowest BCUT2D eigenvalue weighted by atomic mass is 10.3. The molecule has 3 N–H and O–H groups in total. The van der Waals surface area contributed by atoms with Crippen LogP contribution in [0, 0.1) is 0 Å². The van der Waals surface area contributed by atoms with Gasteiger partial charge in [-0.05, 0) is 37.1 Å². The molecular formula is C19H22N4O2. The quantitative estimate of drug-likeness (QED) is 0.649. The summed E-state index contributed by atoms with van der Waals surface area (Å²) in [5.41, 5.74) is 6.64. The van der Waals surface area contributed by atoms with Crippen LogP contribution in [-0.2, 0) is 4.79 Å². The number of benzene rings is 2. The standard InChI is InChI=1S/C19H22N4O2/c20-19(21-14-18(24)23-11-4-5-12-23)22-15-7-6-10-17(13-15)25-16-8-2-1-3-9-16/h1-3,6-10,13H,4-5,11-12,14H2,(H3,20,21,22). The molecule has 2 aromatic carbocycles. The second kappa shape index (κ2) is 8.19. The van der Waals surface area contributed by atoms with Crippen molar-refractivity contribution in [1.29, 1.82) is 0 Å². The van der Waals surface area contributed by atoms with E-state index in [1.165, 1.54) is 0 Å². The molecule has 1 aliphatic heterocycles. The van der Waals surface area contributed by atoms with Crippen molar-refractivity contribution in [2.24, 2.45) is 10.7 Å². The molecule has 0 saturated carbocycles. The summed E-state index contributed by atoms with van der Waals surface area (Å²) in [7, 11) is 0. The van der Waals surface area contributed by atoms with Crippen molar-refractivity contribution in [3.05, 3.63) is 54.6 Å². The number of nitrogens with zero attached hydrogens (tertiary/aromatic N) is 2. The van der Waals surface area contributed by atoms with Crippen LogP contribution in [0.4, 0.5) is 5.69 Å². The van der Waals surface area contributed by atoms with E-state index in [4.69, 9.17) is 10.5 Å². The Hall–Kier alpha value is -3.02. The number of hydrogen-bond acceptors (Lipinski definition) is 3. The lowest BCUT2D eigenvalue weighted by molar-refractivity contribution is -0.128. The predicted molar refractivity (Wildman–Crippen MR) is 98.9 cm³/mol. The molecule has 130 valence electrons. The Bertz CT molecular complexity index is 740. The van der Waals surface area contributed by atoms with E-state index in [-0.39, 0.29) is 18.4 Å². The highest BCUT2D eigenvalue weighted by Crippen LogP contribution is 2.23. The fraction of sp³-hybridized carbons (Fsp3) is 0.263. The van der Waals surface area contributed by atoms with Crippen LogP contribution in [-0.4, -0.2) is 36.4 Å². The van der Waals surface area contributed by atoms with Crippen LogP contribution in [0.3, 0.4) is 0 Å². The summed E-state index contributed by atoms with van der Waals surface area (Å²) >= 11 is 0. The predicted octanol–water partition coefficient (Wildman–Crippen LogP) is 2.83. The number of aliphatic imine (C=N–C) groups is 1. The molecule has 0 unspecified atom stereocenters. The molecule has 1 heterocycles. The topological polar surface area (TPSA) is 80.0 Å². The summed E-state index contributed by atoms with van der Waals surface area (Å²) in [5.74, 6) is 1.68. The van der Waals surface area contributed by atoms with Crippen molar-refractivity contribution in [2.75, 3.05) is 25.0 Å².